The van der Waals surface area contributed by atoms with Crippen molar-refractivity contribution in [3.8, 4) is 0 Å². The first-order chi connectivity index (χ1) is 13.5. The third-order valence-corrected chi connectivity index (χ3v) is 4.94. The highest BCUT2D eigenvalue weighted by Crippen LogP contribution is 2.30. The van der Waals surface area contributed by atoms with Gasteiger partial charge in [0.2, 0.25) is 0 Å². The Labute approximate surface area is 161 Å². The number of ketones is 1. The van der Waals surface area contributed by atoms with Crippen LogP contribution in [0.5, 0.6) is 0 Å². The van der Waals surface area contributed by atoms with Crippen molar-refractivity contribution >= 4 is 28.4 Å². The Bertz CT molecular complexity index is 1090. The summed E-state index contributed by atoms with van der Waals surface area (Å²) >= 11 is 0. The first kappa shape index (κ1) is 17.9. The average molecular weight is 375 g/mol. The lowest BCUT2D eigenvalue weighted by Crippen LogP contribution is -2.37. The zero-order valence-corrected chi connectivity index (χ0v) is 15.2. The molecule has 0 radical (unpaired) electrons. The predicted molar refractivity (Wildman–Crippen MR) is 105 cm³/mol. The Morgan fingerprint density at radius 3 is 2.75 bits per heavy atom. The summed E-state index contributed by atoms with van der Waals surface area (Å²) in [5.41, 5.74) is 3.14. The van der Waals surface area contributed by atoms with E-state index in [1.165, 1.54) is 29.3 Å². The minimum absolute atomic E-state index is 0.0775. The molecule has 2 amide bonds. The number of allylic oxidation sites excluding steroid dienone is 1. The van der Waals surface area contributed by atoms with E-state index in [1.54, 1.807) is 18.3 Å². The summed E-state index contributed by atoms with van der Waals surface area (Å²) in [4.78, 5) is 30.7. The molecule has 140 valence electrons. The number of anilines is 1. The second kappa shape index (κ2) is 7.23. The van der Waals surface area contributed by atoms with Crippen LogP contribution in [0, 0.1) is 12.7 Å². The number of nitrogens with zero attached hydrogens (tertiary/aromatic N) is 2. The van der Waals surface area contributed by atoms with Gasteiger partial charge < -0.3 is 5.32 Å². The van der Waals surface area contributed by atoms with Gasteiger partial charge in [-0.15, -0.1) is 0 Å². The number of aryl methyl sites for hydroxylation is 1. The summed E-state index contributed by atoms with van der Waals surface area (Å²) in [5.74, 6) is -0.441. The third-order valence-electron chi connectivity index (χ3n) is 4.94. The first-order valence-corrected chi connectivity index (χ1v) is 8.93. The van der Waals surface area contributed by atoms with Crippen molar-refractivity contribution in [1.29, 1.82) is 0 Å². The molecule has 6 heteroatoms. The SMILES string of the molecule is Cc1c(NC(=O)N2C=CC(=O)C[C@H]2c2ccc(F)cc2)ccc2ncccc12. The van der Waals surface area contributed by atoms with Crippen molar-refractivity contribution in [2.75, 3.05) is 5.32 Å². The van der Waals surface area contributed by atoms with Gasteiger partial charge in [0.1, 0.15) is 5.82 Å². The summed E-state index contributed by atoms with van der Waals surface area (Å²) in [5, 5.41) is 3.88. The molecule has 3 aromatic rings. The Morgan fingerprint density at radius 1 is 1.18 bits per heavy atom. The van der Waals surface area contributed by atoms with Crippen LogP contribution in [0.25, 0.3) is 10.9 Å². The molecule has 0 aliphatic carbocycles. The van der Waals surface area contributed by atoms with Crippen LogP contribution >= 0.6 is 0 Å². The molecule has 0 fully saturated rings. The molecule has 1 N–H and O–H groups in total. The summed E-state index contributed by atoms with van der Waals surface area (Å²) in [6.07, 6.45) is 4.74. The molecule has 0 spiro atoms. The molecule has 1 aliphatic heterocycles. The van der Waals surface area contributed by atoms with Crippen molar-refractivity contribution in [2.45, 2.75) is 19.4 Å². The van der Waals surface area contributed by atoms with Gasteiger partial charge in [-0.3, -0.25) is 14.7 Å². The highest BCUT2D eigenvalue weighted by atomic mass is 19.1. The molecule has 1 aromatic heterocycles. The van der Waals surface area contributed by atoms with Crippen molar-refractivity contribution in [3.63, 3.8) is 0 Å². The van der Waals surface area contributed by atoms with E-state index in [-0.39, 0.29) is 24.1 Å². The highest BCUT2D eigenvalue weighted by molar-refractivity contribution is 5.98. The molecule has 28 heavy (non-hydrogen) atoms. The fraction of sp³-hybridized carbons (Fsp3) is 0.136. The lowest BCUT2D eigenvalue weighted by atomic mass is 9.97. The highest BCUT2D eigenvalue weighted by Gasteiger charge is 2.29. The number of halogens is 1. The van der Waals surface area contributed by atoms with Gasteiger partial charge in [0.25, 0.3) is 0 Å². The summed E-state index contributed by atoms with van der Waals surface area (Å²) in [6, 6.07) is 12.5. The van der Waals surface area contributed by atoms with Crippen molar-refractivity contribution in [3.05, 3.63) is 83.9 Å². The van der Waals surface area contributed by atoms with Crippen molar-refractivity contribution in [1.82, 2.24) is 9.88 Å². The number of fused-ring (bicyclic) bond motifs is 1. The molecule has 0 unspecified atom stereocenters. The molecule has 1 atom stereocenters. The van der Waals surface area contributed by atoms with E-state index in [0.717, 1.165) is 16.5 Å². The Morgan fingerprint density at radius 2 is 1.96 bits per heavy atom. The number of carbonyl (C=O) groups is 2. The number of hydrogen-bond acceptors (Lipinski definition) is 3. The first-order valence-electron chi connectivity index (χ1n) is 8.93. The Hall–Kier alpha value is -3.54. The van der Waals surface area contributed by atoms with E-state index >= 15 is 0 Å². The number of benzene rings is 2. The van der Waals surface area contributed by atoms with Crippen molar-refractivity contribution in [2.24, 2.45) is 0 Å². The molecule has 0 bridgehead atoms. The fourth-order valence-electron chi connectivity index (χ4n) is 3.41. The zero-order chi connectivity index (χ0) is 19.7. The van der Waals surface area contributed by atoms with Gasteiger partial charge in [-0.05, 0) is 54.5 Å². The maximum atomic E-state index is 13.3. The van der Waals surface area contributed by atoms with Crippen LogP contribution in [-0.4, -0.2) is 21.7 Å². The number of aromatic nitrogens is 1. The van der Waals surface area contributed by atoms with E-state index in [1.807, 2.05) is 31.2 Å². The van der Waals surface area contributed by atoms with Crippen LogP contribution < -0.4 is 5.32 Å². The Kier molecular flexibility index (Phi) is 4.61. The van der Waals surface area contributed by atoms with E-state index < -0.39 is 6.04 Å². The molecule has 0 saturated heterocycles. The van der Waals surface area contributed by atoms with E-state index in [4.69, 9.17) is 0 Å². The Balaban J connectivity index is 1.64. The lowest BCUT2D eigenvalue weighted by Gasteiger charge is -2.31. The quantitative estimate of drug-likeness (QED) is 0.703. The minimum atomic E-state index is -0.486. The normalized spacial score (nSPS) is 16.4. The van der Waals surface area contributed by atoms with Crippen LogP contribution in [0.4, 0.5) is 14.9 Å². The molecule has 4 rings (SSSR count). The predicted octanol–water partition coefficient (Wildman–Crippen LogP) is 4.74. The molecule has 0 saturated carbocycles. The van der Waals surface area contributed by atoms with Gasteiger partial charge >= 0.3 is 6.03 Å². The van der Waals surface area contributed by atoms with Gasteiger partial charge in [-0.2, -0.15) is 0 Å². The van der Waals surface area contributed by atoms with Gasteiger partial charge in [0, 0.05) is 29.9 Å². The number of nitrogens with one attached hydrogen (secondary N) is 1. The second-order valence-electron chi connectivity index (χ2n) is 6.70. The number of urea groups is 1. The lowest BCUT2D eigenvalue weighted by molar-refractivity contribution is -0.116. The smallest absolute Gasteiger partial charge is 0.307 e. The van der Waals surface area contributed by atoms with Gasteiger partial charge in [-0.25, -0.2) is 9.18 Å². The molecular formula is C22H18FN3O2. The molecule has 1 aliphatic rings. The molecule has 2 heterocycles. The zero-order valence-electron chi connectivity index (χ0n) is 15.2. The summed E-state index contributed by atoms with van der Waals surface area (Å²) in [7, 11) is 0. The van der Waals surface area contributed by atoms with E-state index in [0.29, 0.717) is 11.3 Å². The number of pyridine rings is 1. The standard InChI is InChI=1S/C22H18FN3O2/c1-14-18-3-2-11-24-20(18)9-8-19(14)25-22(28)26-12-10-17(27)13-21(26)15-4-6-16(23)7-5-15/h2-12,21H,13H2,1H3,(H,25,28)/t21-/m0/s1. The number of carbonyl (C=O) groups excluding carboxylic acids is 2. The van der Waals surface area contributed by atoms with E-state index in [2.05, 4.69) is 10.3 Å². The van der Waals surface area contributed by atoms with Crippen LogP contribution in [0.15, 0.2) is 67.0 Å². The number of amides is 2. The maximum Gasteiger partial charge on any atom is 0.326 e. The monoisotopic (exact) mass is 375 g/mol. The van der Waals surface area contributed by atoms with Gasteiger partial charge in [-0.1, -0.05) is 18.2 Å². The molecule has 5 nitrogen and oxygen atoms in total. The van der Waals surface area contributed by atoms with Crippen LogP contribution in [0.3, 0.4) is 0 Å². The van der Waals surface area contributed by atoms with Crippen LogP contribution in [0.1, 0.15) is 23.6 Å². The molecular weight excluding hydrogens is 357 g/mol. The maximum absolute atomic E-state index is 13.3. The van der Waals surface area contributed by atoms with Gasteiger partial charge in [0.15, 0.2) is 5.78 Å². The summed E-state index contributed by atoms with van der Waals surface area (Å²) < 4.78 is 13.3. The van der Waals surface area contributed by atoms with E-state index in [9.17, 15) is 14.0 Å². The van der Waals surface area contributed by atoms with Crippen LogP contribution in [-0.2, 0) is 4.79 Å². The molecule has 2 aromatic carbocycles. The average Bonchev–Trinajstić information content (AvgIpc) is 2.71. The number of hydrogen-bond donors (Lipinski definition) is 1. The van der Waals surface area contributed by atoms with Crippen molar-refractivity contribution < 1.29 is 14.0 Å². The number of rotatable bonds is 2. The van der Waals surface area contributed by atoms with Crippen LogP contribution in [0.2, 0.25) is 0 Å². The third kappa shape index (κ3) is 3.36. The largest absolute Gasteiger partial charge is 0.326 e. The fourth-order valence-corrected chi connectivity index (χ4v) is 3.41. The second-order valence-corrected chi connectivity index (χ2v) is 6.70. The minimum Gasteiger partial charge on any atom is -0.307 e. The summed E-state index contributed by atoms with van der Waals surface area (Å²) in [6.45, 7) is 1.92. The van der Waals surface area contributed by atoms with Gasteiger partial charge in [0.05, 0.1) is 11.6 Å². The topological polar surface area (TPSA) is 62.3 Å².